The zero-order chi connectivity index (χ0) is 15.7. The van der Waals surface area contributed by atoms with Gasteiger partial charge < -0.3 is 14.4 Å². The molecule has 4 nitrogen and oxygen atoms in total. The van der Waals surface area contributed by atoms with Gasteiger partial charge in [0.05, 0.1) is 19.9 Å². The van der Waals surface area contributed by atoms with E-state index in [-0.39, 0.29) is 11.7 Å². The molecule has 0 aliphatic carbocycles. The van der Waals surface area contributed by atoms with Gasteiger partial charge in [0.15, 0.2) is 11.5 Å². The number of methoxy groups -OCH3 is 2. The molecule has 0 unspecified atom stereocenters. The molecule has 1 aliphatic heterocycles. The van der Waals surface area contributed by atoms with E-state index >= 15 is 0 Å². The van der Waals surface area contributed by atoms with Crippen LogP contribution in [0.2, 0.25) is 0 Å². The van der Waals surface area contributed by atoms with Crippen LogP contribution < -0.4 is 14.4 Å². The SMILES string of the molecule is COc1ccc(C(=O)N2CCc3cccc(F)c32)cc1OC. The molecule has 0 radical (unpaired) electrons. The van der Waals surface area contributed by atoms with Crippen molar-refractivity contribution in [1.29, 1.82) is 0 Å². The van der Waals surface area contributed by atoms with Crippen LogP contribution in [0.1, 0.15) is 15.9 Å². The van der Waals surface area contributed by atoms with Gasteiger partial charge in [0.25, 0.3) is 5.91 Å². The smallest absolute Gasteiger partial charge is 0.258 e. The molecule has 3 rings (SSSR count). The largest absolute Gasteiger partial charge is 0.493 e. The Bertz CT molecular complexity index is 730. The molecule has 0 N–H and O–H groups in total. The zero-order valence-corrected chi connectivity index (χ0v) is 12.4. The van der Waals surface area contributed by atoms with Crippen molar-refractivity contribution in [1.82, 2.24) is 0 Å². The van der Waals surface area contributed by atoms with Gasteiger partial charge in [-0.3, -0.25) is 4.79 Å². The fraction of sp³-hybridized carbons (Fsp3) is 0.235. The van der Waals surface area contributed by atoms with Crippen molar-refractivity contribution in [2.45, 2.75) is 6.42 Å². The summed E-state index contributed by atoms with van der Waals surface area (Å²) in [7, 11) is 3.04. The quantitative estimate of drug-likeness (QED) is 0.874. The molecule has 0 aromatic heterocycles. The summed E-state index contributed by atoms with van der Waals surface area (Å²) >= 11 is 0. The fourth-order valence-corrected chi connectivity index (χ4v) is 2.74. The van der Waals surface area contributed by atoms with Crippen molar-refractivity contribution in [3.8, 4) is 11.5 Å². The Labute approximate surface area is 128 Å². The van der Waals surface area contributed by atoms with Gasteiger partial charge >= 0.3 is 0 Å². The number of ether oxygens (including phenoxy) is 2. The predicted molar refractivity (Wildman–Crippen MR) is 81.3 cm³/mol. The number of hydrogen-bond donors (Lipinski definition) is 0. The highest BCUT2D eigenvalue weighted by Crippen LogP contribution is 2.33. The highest BCUT2D eigenvalue weighted by molar-refractivity contribution is 6.07. The van der Waals surface area contributed by atoms with Crippen LogP contribution in [0.5, 0.6) is 11.5 Å². The van der Waals surface area contributed by atoms with Crippen LogP contribution in [0.15, 0.2) is 36.4 Å². The number of carbonyl (C=O) groups is 1. The van der Waals surface area contributed by atoms with Gasteiger partial charge in [-0.2, -0.15) is 0 Å². The molecule has 2 aromatic carbocycles. The van der Waals surface area contributed by atoms with E-state index in [1.807, 2.05) is 6.07 Å². The lowest BCUT2D eigenvalue weighted by Crippen LogP contribution is -2.29. The highest BCUT2D eigenvalue weighted by atomic mass is 19.1. The predicted octanol–water partition coefficient (Wildman–Crippen LogP) is 3.05. The molecule has 0 atom stereocenters. The number of nitrogens with zero attached hydrogens (tertiary/aromatic N) is 1. The van der Waals surface area contributed by atoms with E-state index in [9.17, 15) is 9.18 Å². The van der Waals surface area contributed by atoms with Crippen molar-refractivity contribution < 1.29 is 18.7 Å². The van der Waals surface area contributed by atoms with Crippen LogP contribution in [0.25, 0.3) is 0 Å². The Hall–Kier alpha value is -2.56. The number of anilines is 1. The summed E-state index contributed by atoms with van der Waals surface area (Å²) in [6.45, 7) is 0.476. The van der Waals surface area contributed by atoms with Gasteiger partial charge in [-0.25, -0.2) is 4.39 Å². The molecule has 2 aromatic rings. The average molecular weight is 301 g/mol. The maximum Gasteiger partial charge on any atom is 0.258 e. The fourth-order valence-electron chi connectivity index (χ4n) is 2.74. The molecule has 0 bridgehead atoms. The number of rotatable bonds is 3. The first-order valence-electron chi connectivity index (χ1n) is 6.97. The molecule has 114 valence electrons. The third-order valence-corrected chi connectivity index (χ3v) is 3.82. The molecular formula is C17H16FNO3. The van der Waals surface area contributed by atoms with Crippen LogP contribution in [-0.2, 0) is 6.42 Å². The van der Waals surface area contributed by atoms with E-state index in [2.05, 4.69) is 0 Å². The number of fused-ring (bicyclic) bond motifs is 1. The first-order valence-corrected chi connectivity index (χ1v) is 6.97. The van der Waals surface area contributed by atoms with E-state index in [1.165, 1.54) is 25.2 Å². The second kappa shape index (κ2) is 5.67. The number of amides is 1. The van der Waals surface area contributed by atoms with Crippen molar-refractivity contribution in [3.63, 3.8) is 0 Å². The van der Waals surface area contributed by atoms with E-state index in [0.717, 1.165) is 5.56 Å². The van der Waals surface area contributed by atoms with Gasteiger partial charge in [0, 0.05) is 12.1 Å². The summed E-state index contributed by atoms with van der Waals surface area (Å²) in [4.78, 5) is 14.2. The Morgan fingerprint density at radius 1 is 1.14 bits per heavy atom. The lowest BCUT2D eigenvalue weighted by molar-refractivity contribution is 0.0988. The summed E-state index contributed by atoms with van der Waals surface area (Å²) in [5, 5.41) is 0. The normalized spacial score (nSPS) is 13.0. The Kier molecular flexibility index (Phi) is 3.71. The zero-order valence-electron chi connectivity index (χ0n) is 12.4. The molecule has 1 aliphatic rings. The molecule has 1 amide bonds. The van der Waals surface area contributed by atoms with Crippen molar-refractivity contribution in [2.24, 2.45) is 0 Å². The van der Waals surface area contributed by atoms with Crippen molar-refractivity contribution in [2.75, 3.05) is 25.7 Å². The standard InChI is InChI=1S/C17H16FNO3/c1-21-14-7-6-12(10-15(14)22-2)17(20)19-9-8-11-4-3-5-13(18)16(11)19/h3-7,10H,8-9H2,1-2H3. The second-order valence-electron chi connectivity index (χ2n) is 5.02. The Balaban J connectivity index is 1.97. The van der Waals surface area contributed by atoms with Gasteiger partial charge in [-0.05, 0) is 36.2 Å². The number of benzene rings is 2. The highest BCUT2D eigenvalue weighted by Gasteiger charge is 2.28. The van der Waals surface area contributed by atoms with Gasteiger partial charge in [-0.1, -0.05) is 12.1 Å². The van der Waals surface area contributed by atoms with Crippen LogP contribution in [0, 0.1) is 5.82 Å². The molecular weight excluding hydrogens is 285 g/mol. The van der Waals surface area contributed by atoms with Crippen LogP contribution >= 0.6 is 0 Å². The van der Waals surface area contributed by atoms with E-state index in [1.54, 1.807) is 24.3 Å². The molecule has 0 fully saturated rings. The van der Waals surface area contributed by atoms with Crippen molar-refractivity contribution in [3.05, 3.63) is 53.3 Å². The van der Waals surface area contributed by atoms with Crippen molar-refractivity contribution >= 4 is 11.6 Å². The van der Waals surface area contributed by atoms with Gasteiger partial charge in [0.2, 0.25) is 0 Å². The van der Waals surface area contributed by atoms with Gasteiger partial charge in [0.1, 0.15) is 5.82 Å². The van der Waals surface area contributed by atoms with Gasteiger partial charge in [-0.15, -0.1) is 0 Å². The summed E-state index contributed by atoms with van der Waals surface area (Å²) in [5.41, 5.74) is 1.67. The van der Waals surface area contributed by atoms with E-state index in [4.69, 9.17) is 9.47 Å². The molecule has 5 heteroatoms. The molecule has 0 saturated carbocycles. The van der Waals surface area contributed by atoms with E-state index < -0.39 is 0 Å². The van der Waals surface area contributed by atoms with E-state index in [0.29, 0.717) is 35.7 Å². The molecule has 0 saturated heterocycles. The minimum absolute atomic E-state index is 0.246. The number of halogens is 1. The first kappa shape index (κ1) is 14.4. The van der Waals surface area contributed by atoms with Crippen LogP contribution in [0.4, 0.5) is 10.1 Å². The first-order chi connectivity index (χ1) is 10.7. The maximum absolute atomic E-state index is 14.0. The summed E-state index contributed by atoms with van der Waals surface area (Å²) in [6, 6.07) is 9.82. The summed E-state index contributed by atoms with van der Waals surface area (Å²) in [5.74, 6) is 0.405. The Morgan fingerprint density at radius 3 is 2.64 bits per heavy atom. The molecule has 1 heterocycles. The number of carbonyl (C=O) groups excluding carboxylic acids is 1. The minimum atomic E-state index is -0.371. The minimum Gasteiger partial charge on any atom is -0.493 e. The topological polar surface area (TPSA) is 38.8 Å². The second-order valence-corrected chi connectivity index (χ2v) is 5.02. The Morgan fingerprint density at radius 2 is 1.91 bits per heavy atom. The summed E-state index contributed by atoms with van der Waals surface area (Å²) < 4.78 is 24.4. The molecule has 22 heavy (non-hydrogen) atoms. The maximum atomic E-state index is 14.0. The van der Waals surface area contributed by atoms with Crippen LogP contribution in [-0.4, -0.2) is 26.7 Å². The molecule has 0 spiro atoms. The monoisotopic (exact) mass is 301 g/mol. The lowest BCUT2D eigenvalue weighted by Gasteiger charge is -2.18. The third kappa shape index (κ3) is 2.28. The number of para-hydroxylation sites is 1. The number of hydrogen-bond acceptors (Lipinski definition) is 3. The summed E-state index contributed by atoms with van der Waals surface area (Å²) in [6.07, 6.45) is 0.659. The lowest BCUT2D eigenvalue weighted by atomic mass is 10.1. The van der Waals surface area contributed by atoms with Crippen LogP contribution in [0.3, 0.4) is 0 Å². The third-order valence-electron chi connectivity index (χ3n) is 3.82. The average Bonchev–Trinajstić information content (AvgIpc) is 2.99.